The normalized spacial score (nSPS) is 20.3. The van der Waals surface area contributed by atoms with Gasteiger partial charge in [0.15, 0.2) is 0 Å². The largest absolute Gasteiger partial charge is 0.332 e. The highest BCUT2D eigenvalue weighted by molar-refractivity contribution is 8.13. The Kier molecular flexibility index (Phi) is 5.55. The van der Waals surface area contributed by atoms with Gasteiger partial charge in [0.25, 0.3) is 0 Å². The molecule has 1 saturated heterocycles. The summed E-state index contributed by atoms with van der Waals surface area (Å²) >= 11 is 0. The number of carbonyl (C=O) groups is 1. The number of carbonyl (C=O) groups excluding carboxylic acids is 1. The Hall–Kier alpha value is -1.38. The summed E-state index contributed by atoms with van der Waals surface area (Å²) in [6.45, 7) is 1.83. The molecule has 0 aromatic heterocycles. The van der Waals surface area contributed by atoms with E-state index in [-0.39, 0.29) is 10.5 Å². The Bertz CT molecular complexity index is 889. The molecule has 1 unspecified atom stereocenters. The predicted molar refractivity (Wildman–Crippen MR) is 117 cm³/mol. The fourth-order valence-corrected chi connectivity index (χ4v) is 6.37. The summed E-state index contributed by atoms with van der Waals surface area (Å²) in [7, 11) is -3.55. The van der Waals surface area contributed by atoms with E-state index in [1.807, 2.05) is 0 Å². The minimum atomic E-state index is -3.66. The lowest BCUT2D eigenvalue weighted by Gasteiger charge is -2.38. The second-order valence-corrected chi connectivity index (χ2v) is 12.1. The Morgan fingerprint density at radius 2 is 1.79 bits per heavy atom. The van der Waals surface area contributed by atoms with Crippen molar-refractivity contribution in [3.63, 3.8) is 0 Å². The fourth-order valence-electron chi connectivity index (χ4n) is 4.50. The third-order valence-corrected chi connectivity index (χ3v) is 8.59. The van der Waals surface area contributed by atoms with Gasteiger partial charge in [0.05, 0.1) is 0 Å². The monoisotopic (exact) mass is 423 g/mol. The molecule has 1 aromatic carbocycles. The molecule has 1 atom stereocenters. The molecule has 1 aromatic rings. The summed E-state index contributed by atoms with van der Waals surface area (Å²) in [6.07, 6.45) is 8.26. The first-order valence-electron chi connectivity index (χ1n) is 9.97. The van der Waals surface area contributed by atoms with Crippen LogP contribution in [0.2, 0.25) is 0 Å². The zero-order valence-electron chi connectivity index (χ0n) is 16.4. The van der Waals surface area contributed by atoms with Gasteiger partial charge >= 0.3 is 6.03 Å². The number of fused-ring (bicyclic) bond motifs is 2. The number of sulfonamides is 1. The highest BCUT2D eigenvalue weighted by atomic mass is 32.2. The van der Waals surface area contributed by atoms with Crippen molar-refractivity contribution in [2.24, 2.45) is 0 Å². The Balaban J connectivity index is 1.40. The van der Waals surface area contributed by atoms with Crippen molar-refractivity contribution < 1.29 is 13.2 Å². The highest BCUT2D eigenvalue weighted by Crippen LogP contribution is 2.38. The van der Waals surface area contributed by atoms with Crippen LogP contribution in [0.5, 0.6) is 0 Å². The summed E-state index contributed by atoms with van der Waals surface area (Å²) in [6, 6.07) is 1.67. The fraction of sp³-hybridized carbons (Fsp3) is 0.600. The van der Waals surface area contributed by atoms with Gasteiger partial charge < -0.3 is 5.32 Å². The predicted octanol–water partition coefficient (Wildman–Crippen LogP) is 2.13. The molecular weight excluding hydrogens is 394 g/mol. The van der Waals surface area contributed by atoms with Crippen LogP contribution >= 0.6 is 10.5 Å². The number of urea groups is 1. The van der Waals surface area contributed by atoms with Crippen LogP contribution in [0.4, 0.5) is 10.5 Å². The lowest BCUT2D eigenvalue weighted by Crippen LogP contribution is -2.58. The van der Waals surface area contributed by atoms with Gasteiger partial charge in [0.2, 0.25) is 10.0 Å². The molecule has 8 heteroatoms. The number of likely N-dealkylation sites (tertiary alicyclic amines) is 1. The van der Waals surface area contributed by atoms with Gasteiger partial charge in [-0.1, -0.05) is 11.9 Å². The molecule has 1 aliphatic heterocycles. The SMILES string of the molecule is C=S(C)CCN1CC(S(=O)(=O)NC(=O)Nc2c3c(cc4c2CCC4)CCC3)C1. The van der Waals surface area contributed by atoms with Gasteiger partial charge in [-0.25, -0.2) is 17.9 Å². The Labute approximate surface area is 170 Å². The maximum atomic E-state index is 12.6. The van der Waals surface area contributed by atoms with Gasteiger partial charge in [-0.05, 0) is 67.0 Å². The molecule has 3 aliphatic rings. The number of hydrogen-bond acceptors (Lipinski definition) is 4. The molecule has 1 heterocycles. The zero-order chi connectivity index (χ0) is 19.9. The number of rotatable bonds is 6. The van der Waals surface area contributed by atoms with E-state index >= 15 is 0 Å². The van der Waals surface area contributed by atoms with Crippen LogP contribution in [-0.2, 0) is 35.7 Å². The summed E-state index contributed by atoms with van der Waals surface area (Å²) in [5, 5.41) is 2.38. The number of hydrogen-bond donors (Lipinski definition) is 2. The molecule has 2 aliphatic carbocycles. The number of aryl methyl sites for hydroxylation is 2. The van der Waals surface area contributed by atoms with Crippen molar-refractivity contribution >= 4 is 38.1 Å². The van der Waals surface area contributed by atoms with Crippen molar-refractivity contribution in [2.75, 3.05) is 37.0 Å². The molecule has 28 heavy (non-hydrogen) atoms. The number of amides is 2. The van der Waals surface area contributed by atoms with Crippen LogP contribution in [0.25, 0.3) is 0 Å². The van der Waals surface area contributed by atoms with Gasteiger partial charge in [0.1, 0.15) is 5.25 Å². The molecule has 0 radical (unpaired) electrons. The van der Waals surface area contributed by atoms with Crippen LogP contribution < -0.4 is 10.0 Å². The summed E-state index contributed by atoms with van der Waals surface area (Å²) < 4.78 is 27.4. The Morgan fingerprint density at radius 3 is 2.36 bits per heavy atom. The maximum Gasteiger partial charge on any atom is 0.332 e. The molecule has 2 N–H and O–H groups in total. The molecule has 0 bridgehead atoms. The van der Waals surface area contributed by atoms with E-state index in [4.69, 9.17) is 0 Å². The average molecular weight is 424 g/mol. The topological polar surface area (TPSA) is 78.5 Å². The van der Waals surface area contributed by atoms with E-state index in [1.165, 1.54) is 22.3 Å². The molecule has 2 amide bonds. The molecule has 154 valence electrons. The van der Waals surface area contributed by atoms with Crippen LogP contribution in [0.3, 0.4) is 0 Å². The van der Waals surface area contributed by atoms with E-state index in [1.54, 1.807) is 0 Å². The lowest BCUT2D eigenvalue weighted by molar-refractivity contribution is 0.196. The molecule has 1 fully saturated rings. The quantitative estimate of drug-likeness (QED) is 0.687. The number of nitrogens with zero attached hydrogens (tertiary/aromatic N) is 1. The Morgan fingerprint density at radius 1 is 1.18 bits per heavy atom. The van der Waals surface area contributed by atoms with Gasteiger partial charge in [0, 0.05) is 31.1 Å². The molecule has 6 nitrogen and oxygen atoms in total. The van der Waals surface area contributed by atoms with Crippen molar-refractivity contribution in [3.05, 3.63) is 28.3 Å². The van der Waals surface area contributed by atoms with E-state index in [9.17, 15) is 13.2 Å². The van der Waals surface area contributed by atoms with Crippen molar-refractivity contribution in [3.8, 4) is 0 Å². The summed E-state index contributed by atoms with van der Waals surface area (Å²) in [5.41, 5.74) is 5.90. The first-order valence-corrected chi connectivity index (χ1v) is 13.5. The van der Waals surface area contributed by atoms with E-state index in [0.29, 0.717) is 13.1 Å². The zero-order valence-corrected chi connectivity index (χ0v) is 18.1. The second kappa shape index (κ2) is 7.80. The minimum absolute atomic E-state index is 0.111. The molecule has 0 spiro atoms. The molecular formula is C20H29N3O3S2. The van der Waals surface area contributed by atoms with Crippen LogP contribution in [0.15, 0.2) is 6.07 Å². The first-order chi connectivity index (χ1) is 13.3. The summed E-state index contributed by atoms with van der Waals surface area (Å²) in [5.74, 6) is 4.96. The van der Waals surface area contributed by atoms with Gasteiger partial charge in [-0.2, -0.15) is 10.5 Å². The van der Waals surface area contributed by atoms with Crippen LogP contribution in [-0.4, -0.2) is 62.1 Å². The standard InChI is InChI=1S/C20H29N3O3S2/c1-27(2)10-9-23-12-16(13-23)28(25,26)22-20(24)21-19-17-7-3-5-14(17)11-15-6-4-8-18(15)19/h11,16H,1,3-10,12-13H2,2H3,(H2,21,22,24). The van der Waals surface area contributed by atoms with E-state index in [0.717, 1.165) is 56.5 Å². The molecule has 4 rings (SSSR count). The lowest BCUT2D eigenvalue weighted by atomic mass is 9.99. The maximum absolute atomic E-state index is 12.6. The summed E-state index contributed by atoms with van der Waals surface area (Å²) in [4.78, 5) is 14.7. The van der Waals surface area contributed by atoms with E-state index < -0.39 is 21.3 Å². The van der Waals surface area contributed by atoms with Crippen molar-refractivity contribution in [2.45, 2.75) is 43.8 Å². The van der Waals surface area contributed by atoms with Crippen molar-refractivity contribution in [1.29, 1.82) is 0 Å². The number of anilines is 1. The van der Waals surface area contributed by atoms with Gasteiger partial charge in [-0.3, -0.25) is 4.90 Å². The highest BCUT2D eigenvalue weighted by Gasteiger charge is 2.38. The first kappa shape index (κ1) is 19.9. The minimum Gasteiger partial charge on any atom is -0.307 e. The van der Waals surface area contributed by atoms with E-state index in [2.05, 4.69) is 33.1 Å². The molecule has 0 saturated carbocycles. The number of nitrogens with one attached hydrogen (secondary N) is 2. The average Bonchev–Trinajstić information content (AvgIpc) is 3.20. The third-order valence-electron chi connectivity index (χ3n) is 6.06. The number of benzene rings is 1. The van der Waals surface area contributed by atoms with Crippen molar-refractivity contribution in [1.82, 2.24) is 9.62 Å². The van der Waals surface area contributed by atoms with Gasteiger partial charge in [-0.15, -0.1) is 0 Å². The smallest absolute Gasteiger partial charge is 0.307 e. The van der Waals surface area contributed by atoms with Crippen LogP contribution in [0, 0.1) is 0 Å². The third kappa shape index (κ3) is 4.00. The van der Waals surface area contributed by atoms with Crippen LogP contribution in [0.1, 0.15) is 35.1 Å². The second-order valence-electron chi connectivity index (χ2n) is 8.20.